The number of ether oxygens (including phenoxy) is 1. The van der Waals surface area contributed by atoms with Crippen LogP contribution < -0.4 is 4.74 Å². The van der Waals surface area contributed by atoms with Gasteiger partial charge in [-0.1, -0.05) is 164 Å². The molecule has 0 radical (unpaired) electrons. The van der Waals surface area contributed by atoms with Crippen LogP contribution in [0.1, 0.15) is 22.3 Å². The zero-order valence-corrected chi connectivity index (χ0v) is 32.3. The van der Waals surface area contributed by atoms with Crippen LogP contribution in [0.2, 0.25) is 0 Å². The lowest BCUT2D eigenvalue weighted by atomic mass is 9.65. The van der Waals surface area contributed by atoms with E-state index in [0.717, 1.165) is 99.9 Å². The summed E-state index contributed by atoms with van der Waals surface area (Å²) in [5, 5.41) is 5.42. The minimum absolute atomic E-state index is 0.568. The van der Waals surface area contributed by atoms with Crippen molar-refractivity contribution in [3.63, 3.8) is 0 Å². The number of rotatable bonds is 3. The molecular weight excluding hydrogens is 731 g/mol. The second-order valence-electron chi connectivity index (χ2n) is 15.9. The highest BCUT2D eigenvalue weighted by Gasteiger charge is 2.51. The minimum Gasteiger partial charge on any atom is -0.457 e. The fourth-order valence-electron chi connectivity index (χ4n) is 10.0. The highest BCUT2D eigenvalue weighted by atomic mass is 16.5. The van der Waals surface area contributed by atoms with Crippen molar-refractivity contribution in [2.75, 3.05) is 0 Å². The van der Waals surface area contributed by atoms with Gasteiger partial charge in [-0.05, 0) is 64.0 Å². The first-order chi connectivity index (χ1) is 29.7. The third-order valence-corrected chi connectivity index (χ3v) is 12.7. The van der Waals surface area contributed by atoms with Gasteiger partial charge < -0.3 is 4.74 Å². The van der Waals surface area contributed by atoms with Crippen LogP contribution in [0.25, 0.3) is 88.4 Å². The summed E-state index contributed by atoms with van der Waals surface area (Å²) < 4.78 is 6.92. The van der Waals surface area contributed by atoms with E-state index < -0.39 is 5.41 Å². The summed E-state index contributed by atoms with van der Waals surface area (Å²) in [5.74, 6) is 1.75. The molecule has 4 nitrogen and oxygen atoms in total. The molecular formula is C56H33N3O. The molecule has 4 heterocycles. The zero-order chi connectivity index (χ0) is 39.4. The second-order valence-corrected chi connectivity index (χ2v) is 15.9. The van der Waals surface area contributed by atoms with Crippen LogP contribution in [0.4, 0.5) is 0 Å². The Morgan fingerprint density at radius 2 is 0.900 bits per heavy atom. The lowest BCUT2D eigenvalue weighted by Gasteiger charge is -2.39. The maximum atomic E-state index is 6.92. The molecule has 0 bridgehead atoms. The Hall–Kier alpha value is -7.95. The molecule has 1 spiro atoms. The lowest BCUT2D eigenvalue weighted by Crippen LogP contribution is -2.32. The van der Waals surface area contributed by atoms with Crippen molar-refractivity contribution >= 4 is 43.5 Å². The van der Waals surface area contributed by atoms with E-state index in [1.54, 1.807) is 0 Å². The van der Waals surface area contributed by atoms with Crippen LogP contribution in [0, 0.1) is 0 Å². The van der Waals surface area contributed by atoms with Gasteiger partial charge in [-0.25, -0.2) is 15.0 Å². The normalized spacial score (nSPS) is 13.3. The number of para-hydroxylation sites is 2. The molecule has 2 aliphatic rings. The Kier molecular flexibility index (Phi) is 6.90. The molecule has 1 aliphatic heterocycles. The number of hydrogen-bond donors (Lipinski definition) is 0. The summed E-state index contributed by atoms with van der Waals surface area (Å²) in [6.45, 7) is 0. The maximum Gasteiger partial charge on any atom is 0.132 e. The predicted molar refractivity (Wildman–Crippen MR) is 244 cm³/mol. The van der Waals surface area contributed by atoms with Crippen molar-refractivity contribution in [3.8, 4) is 56.4 Å². The molecule has 4 heteroatoms. The van der Waals surface area contributed by atoms with Crippen molar-refractivity contribution < 1.29 is 4.74 Å². The minimum atomic E-state index is -0.568. The van der Waals surface area contributed by atoms with Crippen molar-refractivity contribution in [1.82, 2.24) is 15.0 Å². The van der Waals surface area contributed by atoms with Gasteiger partial charge in [-0.2, -0.15) is 0 Å². The summed E-state index contributed by atoms with van der Waals surface area (Å²) in [5.41, 5.74) is 15.4. The highest BCUT2D eigenvalue weighted by molar-refractivity contribution is 6.12. The first-order valence-electron chi connectivity index (χ1n) is 20.4. The molecule has 11 aromatic rings. The van der Waals surface area contributed by atoms with Gasteiger partial charge in [-0.15, -0.1) is 0 Å². The summed E-state index contributed by atoms with van der Waals surface area (Å²) in [6.07, 6.45) is 0. The van der Waals surface area contributed by atoms with Crippen LogP contribution in [-0.4, -0.2) is 15.0 Å². The molecule has 3 aromatic heterocycles. The highest BCUT2D eigenvalue weighted by Crippen LogP contribution is 2.62. The summed E-state index contributed by atoms with van der Waals surface area (Å²) in [4.78, 5) is 15.8. The van der Waals surface area contributed by atoms with Gasteiger partial charge in [-0.3, -0.25) is 0 Å². The van der Waals surface area contributed by atoms with E-state index in [1.807, 2.05) is 18.2 Å². The standard InChI is InChI=1S/C56H33N3O/c1-2-12-34(13-3-1)48-30-28-37-26-27-38-29-31-49(58-55(38)54(37)57-48)35-22-24-36(25-23-35)53-43-32-47-52(33-42(43)41-16-6-10-20-50(41)59-53)60-51-21-11-9-19-46(51)56(47)44-17-7-4-14-39(44)40-15-5-8-18-45(40)56/h1-33H. The molecule has 0 saturated heterocycles. The number of benzene rings is 8. The third-order valence-electron chi connectivity index (χ3n) is 12.7. The van der Waals surface area contributed by atoms with E-state index >= 15 is 0 Å². The van der Waals surface area contributed by atoms with Crippen LogP contribution >= 0.6 is 0 Å². The topological polar surface area (TPSA) is 47.9 Å². The van der Waals surface area contributed by atoms with Gasteiger partial charge in [0.15, 0.2) is 0 Å². The zero-order valence-electron chi connectivity index (χ0n) is 32.3. The smallest absolute Gasteiger partial charge is 0.132 e. The molecule has 0 saturated carbocycles. The van der Waals surface area contributed by atoms with Crippen LogP contribution in [0.5, 0.6) is 11.5 Å². The Labute approximate surface area is 346 Å². The molecule has 0 atom stereocenters. The molecule has 60 heavy (non-hydrogen) atoms. The number of nitrogens with zero attached hydrogens (tertiary/aromatic N) is 3. The van der Waals surface area contributed by atoms with Gasteiger partial charge in [0.05, 0.1) is 39.0 Å². The lowest BCUT2D eigenvalue weighted by molar-refractivity contribution is 0.437. The average Bonchev–Trinajstić information content (AvgIpc) is 3.61. The molecule has 0 N–H and O–H groups in total. The SMILES string of the molecule is c1ccc(-c2ccc3ccc4ccc(-c5ccc(-c6nc7ccccc7c7cc8c(cc67)C6(c7ccccc7O8)c7ccccc7-c7ccccc76)cc5)nc4c3n2)cc1. The van der Waals surface area contributed by atoms with Crippen molar-refractivity contribution in [2.45, 2.75) is 5.41 Å². The molecule has 0 fully saturated rings. The quantitative estimate of drug-likeness (QED) is 0.168. The first-order valence-corrected chi connectivity index (χ1v) is 20.4. The van der Waals surface area contributed by atoms with E-state index in [-0.39, 0.29) is 0 Å². The van der Waals surface area contributed by atoms with Crippen molar-refractivity contribution in [3.05, 3.63) is 222 Å². The average molecular weight is 764 g/mol. The predicted octanol–water partition coefficient (Wildman–Crippen LogP) is 14.0. The van der Waals surface area contributed by atoms with Gasteiger partial charge in [0.2, 0.25) is 0 Å². The Morgan fingerprint density at radius 1 is 0.350 bits per heavy atom. The molecule has 0 amide bonds. The van der Waals surface area contributed by atoms with Crippen LogP contribution in [-0.2, 0) is 5.41 Å². The third kappa shape index (κ3) is 4.64. The van der Waals surface area contributed by atoms with E-state index in [0.29, 0.717) is 0 Å². The van der Waals surface area contributed by atoms with Gasteiger partial charge in [0.25, 0.3) is 0 Å². The number of pyridine rings is 3. The molecule has 13 rings (SSSR count). The van der Waals surface area contributed by atoms with Crippen LogP contribution in [0.15, 0.2) is 200 Å². The van der Waals surface area contributed by atoms with E-state index in [9.17, 15) is 0 Å². The molecule has 8 aromatic carbocycles. The monoisotopic (exact) mass is 763 g/mol. The Morgan fingerprint density at radius 3 is 1.60 bits per heavy atom. The van der Waals surface area contributed by atoms with Crippen LogP contribution in [0.3, 0.4) is 0 Å². The van der Waals surface area contributed by atoms with Gasteiger partial charge in [0.1, 0.15) is 11.5 Å². The summed E-state index contributed by atoms with van der Waals surface area (Å²) in [6, 6.07) is 71.1. The van der Waals surface area contributed by atoms with Gasteiger partial charge >= 0.3 is 0 Å². The number of hydrogen-bond acceptors (Lipinski definition) is 4. The first kappa shape index (κ1) is 33.1. The maximum absolute atomic E-state index is 6.92. The largest absolute Gasteiger partial charge is 0.457 e. The number of aromatic nitrogens is 3. The molecule has 0 unspecified atom stereocenters. The fourth-order valence-corrected chi connectivity index (χ4v) is 10.0. The van der Waals surface area contributed by atoms with Crippen molar-refractivity contribution in [1.29, 1.82) is 0 Å². The van der Waals surface area contributed by atoms with Gasteiger partial charge in [0, 0.05) is 49.4 Å². The van der Waals surface area contributed by atoms with Crippen molar-refractivity contribution in [2.24, 2.45) is 0 Å². The van der Waals surface area contributed by atoms with E-state index in [1.165, 1.54) is 22.3 Å². The Bertz CT molecular complexity index is 3530. The summed E-state index contributed by atoms with van der Waals surface area (Å²) in [7, 11) is 0. The molecule has 1 aliphatic carbocycles. The number of fused-ring (bicyclic) bond motifs is 15. The van der Waals surface area contributed by atoms with E-state index in [2.05, 4.69) is 182 Å². The van der Waals surface area contributed by atoms with E-state index in [4.69, 9.17) is 19.7 Å². The molecule has 278 valence electrons. The second kappa shape index (κ2) is 12.5. The Balaban J connectivity index is 0.999. The summed E-state index contributed by atoms with van der Waals surface area (Å²) >= 11 is 0. The fraction of sp³-hybridized carbons (Fsp3) is 0.0179.